The van der Waals surface area contributed by atoms with Crippen LogP contribution in [-0.4, -0.2) is 68.5 Å². The Morgan fingerprint density at radius 3 is 1.25 bits per heavy atom. The van der Waals surface area contributed by atoms with Crippen molar-refractivity contribution in [2.24, 2.45) is 0 Å². The van der Waals surface area contributed by atoms with Gasteiger partial charge in [0.1, 0.15) is 13.2 Å². The van der Waals surface area contributed by atoms with Crippen LogP contribution in [0.5, 0.6) is 0 Å². The van der Waals surface area contributed by atoms with Crippen LogP contribution in [0.1, 0.15) is 264 Å². The number of aliphatic hydroxyl groups excluding tert-OH is 1. The molecular formula is C58H111N2O6P. The van der Waals surface area contributed by atoms with E-state index < -0.39 is 20.0 Å². The Kier molecular flexibility index (Phi) is 48.3. The quantitative estimate of drug-likeness (QED) is 0.0272. The first-order valence-electron chi connectivity index (χ1n) is 28.5. The standard InChI is InChI=1S/C58H111N2O6P/c1-6-8-10-12-14-16-18-20-22-23-24-25-26-27-28-29-30-31-32-33-34-35-36-37-38-40-42-44-46-48-50-52-58(62)59-56(55-66-67(63,64)65-54-53-60(3,4)5)57(61)51-49-47-45-43-41-39-21-19-17-15-13-11-9-7-2/h18,20,23-24,26-27,49,51,56-57,61H,6-17,19,21-22,25,28-48,50,52-55H2,1-5H3,(H-,59,62,63,64)/b20-18-,24-23-,27-26-,51-49+. The number of aliphatic hydroxyl groups is 1. The molecule has 0 rings (SSSR count). The Labute approximate surface area is 416 Å². The van der Waals surface area contributed by atoms with Crippen molar-refractivity contribution in [1.82, 2.24) is 5.32 Å². The number of amides is 1. The number of hydrogen-bond acceptors (Lipinski definition) is 6. The summed E-state index contributed by atoms with van der Waals surface area (Å²) in [5, 5.41) is 13.8. The van der Waals surface area contributed by atoms with Crippen molar-refractivity contribution in [1.29, 1.82) is 0 Å². The molecule has 0 heterocycles. The van der Waals surface area contributed by atoms with Crippen LogP contribution < -0.4 is 10.2 Å². The normalized spacial score (nSPS) is 14.3. The van der Waals surface area contributed by atoms with E-state index in [4.69, 9.17) is 9.05 Å². The van der Waals surface area contributed by atoms with Crippen molar-refractivity contribution in [3.8, 4) is 0 Å². The monoisotopic (exact) mass is 963 g/mol. The van der Waals surface area contributed by atoms with E-state index in [1.165, 1.54) is 193 Å². The van der Waals surface area contributed by atoms with E-state index in [-0.39, 0.29) is 19.1 Å². The number of nitrogens with one attached hydrogen (secondary N) is 1. The summed E-state index contributed by atoms with van der Waals surface area (Å²) in [4.78, 5) is 25.4. The molecule has 8 nitrogen and oxygen atoms in total. The Morgan fingerprint density at radius 2 is 0.866 bits per heavy atom. The molecule has 0 aromatic heterocycles. The van der Waals surface area contributed by atoms with Gasteiger partial charge in [-0.2, -0.15) is 0 Å². The SMILES string of the molecule is CCCCCCC/C=C\C/C=C\C/C=C\CCCCCCCCCCCCCCCCCCC(=O)NC(COP(=O)([O-])OCC[N+](C)(C)C)C(O)/C=C/CCCCCCCCCCCCCC. The lowest BCUT2D eigenvalue weighted by Gasteiger charge is -2.29. The van der Waals surface area contributed by atoms with Gasteiger partial charge in [0.05, 0.1) is 39.9 Å². The van der Waals surface area contributed by atoms with Crippen LogP contribution in [-0.2, 0) is 18.4 Å². The van der Waals surface area contributed by atoms with Gasteiger partial charge in [-0.25, -0.2) is 0 Å². The van der Waals surface area contributed by atoms with Crippen LogP contribution >= 0.6 is 7.82 Å². The zero-order valence-corrected chi connectivity index (χ0v) is 45.7. The molecular weight excluding hydrogens is 852 g/mol. The molecule has 3 atom stereocenters. The smallest absolute Gasteiger partial charge is 0.268 e. The van der Waals surface area contributed by atoms with Gasteiger partial charge in [0, 0.05) is 6.42 Å². The van der Waals surface area contributed by atoms with Gasteiger partial charge in [0.15, 0.2) is 0 Å². The molecule has 394 valence electrons. The molecule has 3 unspecified atom stereocenters. The highest BCUT2D eigenvalue weighted by Gasteiger charge is 2.23. The van der Waals surface area contributed by atoms with Crippen LogP contribution in [0.3, 0.4) is 0 Å². The fourth-order valence-electron chi connectivity index (χ4n) is 8.28. The van der Waals surface area contributed by atoms with E-state index in [1.54, 1.807) is 6.08 Å². The Morgan fingerprint density at radius 1 is 0.522 bits per heavy atom. The first-order chi connectivity index (χ1) is 32.5. The molecule has 0 saturated carbocycles. The average molecular weight is 964 g/mol. The second-order valence-electron chi connectivity index (χ2n) is 20.6. The Hall–Kier alpha value is -1.54. The molecule has 0 aromatic rings. The van der Waals surface area contributed by atoms with E-state index in [2.05, 4.69) is 55.6 Å². The molecule has 2 N–H and O–H groups in total. The number of rotatable bonds is 52. The maximum absolute atomic E-state index is 12.9. The third-order valence-electron chi connectivity index (χ3n) is 12.8. The third kappa shape index (κ3) is 52.1. The Bertz CT molecular complexity index is 1230. The molecule has 1 amide bonds. The van der Waals surface area contributed by atoms with Gasteiger partial charge < -0.3 is 28.8 Å². The van der Waals surface area contributed by atoms with Gasteiger partial charge in [-0.05, 0) is 57.8 Å². The molecule has 0 radical (unpaired) electrons. The van der Waals surface area contributed by atoms with Crippen LogP contribution in [0, 0.1) is 0 Å². The van der Waals surface area contributed by atoms with Gasteiger partial charge in [0.25, 0.3) is 7.82 Å². The number of hydrogen-bond donors (Lipinski definition) is 2. The number of likely N-dealkylation sites (N-methyl/N-ethyl adjacent to an activating group) is 1. The van der Waals surface area contributed by atoms with Gasteiger partial charge in [0.2, 0.25) is 5.91 Å². The molecule has 0 aliphatic carbocycles. The summed E-state index contributed by atoms with van der Waals surface area (Å²) in [6, 6.07) is -0.886. The minimum Gasteiger partial charge on any atom is -0.756 e. The van der Waals surface area contributed by atoms with E-state index in [1.807, 2.05) is 27.2 Å². The summed E-state index contributed by atoms with van der Waals surface area (Å²) < 4.78 is 23.3. The van der Waals surface area contributed by atoms with Gasteiger partial charge in [-0.1, -0.05) is 249 Å². The van der Waals surface area contributed by atoms with Crippen LogP contribution in [0.4, 0.5) is 0 Å². The summed E-state index contributed by atoms with van der Waals surface area (Å²) in [6.45, 7) is 4.65. The van der Waals surface area contributed by atoms with Crippen molar-refractivity contribution >= 4 is 13.7 Å². The van der Waals surface area contributed by atoms with Crippen LogP contribution in [0.2, 0.25) is 0 Å². The van der Waals surface area contributed by atoms with Crippen molar-refractivity contribution in [2.45, 2.75) is 276 Å². The predicted octanol–water partition coefficient (Wildman–Crippen LogP) is 16.5. The lowest BCUT2D eigenvalue weighted by Crippen LogP contribution is -2.45. The zero-order valence-electron chi connectivity index (χ0n) is 44.9. The number of unbranched alkanes of at least 4 members (excludes halogenated alkanes) is 33. The molecule has 0 aliphatic rings. The van der Waals surface area contributed by atoms with Crippen molar-refractivity contribution in [2.75, 3.05) is 40.9 Å². The van der Waals surface area contributed by atoms with E-state index in [0.717, 1.165) is 51.4 Å². The molecule has 0 aromatic carbocycles. The lowest BCUT2D eigenvalue weighted by molar-refractivity contribution is -0.870. The van der Waals surface area contributed by atoms with Gasteiger partial charge in [-0.3, -0.25) is 9.36 Å². The number of carbonyl (C=O) groups excluding carboxylic acids is 1. The first-order valence-corrected chi connectivity index (χ1v) is 30.0. The Balaban J connectivity index is 4.08. The predicted molar refractivity (Wildman–Crippen MR) is 288 cm³/mol. The van der Waals surface area contributed by atoms with E-state index in [0.29, 0.717) is 17.4 Å². The maximum atomic E-state index is 12.9. The number of carbonyl (C=O) groups is 1. The summed E-state index contributed by atoms with van der Waals surface area (Å²) in [5.41, 5.74) is 0. The van der Waals surface area contributed by atoms with Crippen LogP contribution in [0.25, 0.3) is 0 Å². The highest BCUT2D eigenvalue weighted by atomic mass is 31.2. The molecule has 0 bridgehead atoms. The van der Waals surface area contributed by atoms with Crippen molar-refractivity contribution in [3.05, 3.63) is 48.6 Å². The van der Waals surface area contributed by atoms with E-state index in [9.17, 15) is 19.4 Å². The number of phosphoric acid groups is 1. The minimum absolute atomic E-state index is 0.000804. The maximum Gasteiger partial charge on any atom is 0.268 e. The van der Waals surface area contributed by atoms with E-state index >= 15 is 0 Å². The molecule has 0 fully saturated rings. The summed E-state index contributed by atoms with van der Waals surface area (Å²) in [6.07, 6.45) is 64.7. The number of allylic oxidation sites excluding steroid dienone is 7. The summed E-state index contributed by atoms with van der Waals surface area (Å²) in [7, 11) is 1.27. The first kappa shape index (κ1) is 65.5. The summed E-state index contributed by atoms with van der Waals surface area (Å²) >= 11 is 0. The van der Waals surface area contributed by atoms with Crippen molar-refractivity contribution < 1.29 is 32.9 Å². The minimum atomic E-state index is -4.59. The molecule has 9 heteroatoms. The summed E-state index contributed by atoms with van der Waals surface area (Å²) in [5.74, 6) is -0.196. The van der Waals surface area contributed by atoms with Crippen LogP contribution in [0.15, 0.2) is 48.6 Å². The third-order valence-corrected chi connectivity index (χ3v) is 13.7. The topological polar surface area (TPSA) is 108 Å². The molecule has 0 saturated heterocycles. The zero-order chi connectivity index (χ0) is 49.2. The number of quaternary nitrogens is 1. The highest BCUT2D eigenvalue weighted by Crippen LogP contribution is 2.38. The highest BCUT2D eigenvalue weighted by molar-refractivity contribution is 7.45. The number of phosphoric ester groups is 1. The number of nitrogens with zero attached hydrogens (tertiary/aromatic N) is 1. The van der Waals surface area contributed by atoms with Gasteiger partial charge in [-0.15, -0.1) is 0 Å². The molecule has 67 heavy (non-hydrogen) atoms. The lowest BCUT2D eigenvalue weighted by atomic mass is 10.0. The van der Waals surface area contributed by atoms with Crippen molar-refractivity contribution in [3.63, 3.8) is 0 Å². The second-order valence-corrected chi connectivity index (χ2v) is 22.1. The largest absolute Gasteiger partial charge is 0.756 e. The second kappa shape index (κ2) is 49.4. The fraction of sp³-hybridized carbons (Fsp3) is 0.845. The molecule has 0 aliphatic heterocycles. The molecule has 0 spiro atoms. The fourth-order valence-corrected chi connectivity index (χ4v) is 9.00. The van der Waals surface area contributed by atoms with Gasteiger partial charge >= 0.3 is 0 Å². The average Bonchev–Trinajstić information content (AvgIpc) is 3.29.